The van der Waals surface area contributed by atoms with E-state index in [0.29, 0.717) is 5.56 Å². The summed E-state index contributed by atoms with van der Waals surface area (Å²) in [5, 5.41) is 8.55. The van der Waals surface area contributed by atoms with Crippen LogP contribution in [0.5, 0.6) is 0 Å². The summed E-state index contributed by atoms with van der Waals surface area (Å²) in [4.78, 5) is 4.04. The van der Waals surface area contributed by atoms with Crippen LogP contribution >= 0.6 is 12.4 Å². The predicted octanol–water partition coefficient (Wildman–Crippen LogP) is 1.63. The molecule has 0 aromatic carbocycles. The normalized spacial score (nSPS) is 8.92. The molecule has 0 fully saturated rings. The van der Waals surface area contributed by atoms with Crippen molar-refractivity contribution in [2.75, 3.05) is 0 Å². The number of halogens is 1. The van der Waals surface area contributed by atoms with Gasteiger partial charge in [-0.05, 0) is 12.1 Å². The Bertz CT molecular complexity index is 427. The van der Waals surface area contributed by atoms with Crippen molar-refractivity contribution in [3.63, 3.8) is 0 Å². The quantitative estimate of drug-likeness (QED) is 0.617. The SMILES string of the molecule is Cl.N#Cc1ccn2ccnc2c1. The number of hydrogen-bond donors (Lipinski definition) is 0. The Morgan fingerprint density at radius 1 is 1.42 bits per heavy atom. The van der Waals surface area contributed by atoms with Gasteiger partial charge in [0.2, 0.25) is 0 Å². The van der Waals surface area contributed by atoms with Crippen LogP contribution in [0.4, 0.5) is 0 Å². The molecule has 4 heteroatoms. The zero-order chi connectivity index (χ0) is 7.68. The molecule has 0 saturated carbocycles. The van der Waals surface area contributed by atoms with E-state index >= 15 is 0 Å². The highest BCUT2D eigenvalue weighted by Gasteiger charge is 1.93. The lowest BCUT2D eigenvalue weighted by Crippen LogP contribution is -1.82. The van der Waals surface area contributed by atoms with E-state index in [1.165, 1.54) is 0 Å². The maximum Gasteiger partial charge on any atom is 0.137 e. The largest absolute Gasteiger partial charge is 0.307 e. The molecule has 2 aromatic rings. The van der Waals surface area contributed by atoms with E-state index in [2.05, 4.69) is 11.1 Å². The van der Waals surface area contributed by atoms with Gasteiger partial charge in [0, 0.05) is 18.6 Å². The van der Waals surface area contributed by atoms with Gasteiger partial charge in [0.15, 0.2) is 0 Å². The van der Waals surface area contributed by atoms with Crippen LogP contribution in [-0.4, -0.2) is 9.38 Å². The van der Waals surface area contributed by atoms with Crippen molar-refractivity contribution in [1.29, 1.82) is 5.26 Å². The maximum atomic E-state index is 8.55. The van der Waals surface area contributed by atoms with E-state index < -0.39 is 0 Å². The molecule has 0 aliphatic carbocycles. The molecule has 0 amide bonds. The first-order valence-electron chi connectivity index (χ1n) is 3.23. The van der Waals surface area contributed by atoms with E-state index in [9.17, 15) is 0 Å². The molecule has 0 saturated heterocycles. The Hall–Kier alpha value is -1.53. The molecule has 0 spiro atoms. The van der Waals surface area contributed by atoms with Crippen LogP contribution in [0.1, 0.15) is 5.56 Å². The first-order chi connectivity index (χ1) is 5.40. The Kier molecular flexibility index (Phi) is 2.32. The summed E-state index contributed by atoms with van der Waals surface area (Å²) in [6.07, 6.45) is 5.37. The minimum Gasteiger partial charge on any atom is -0.307 e. The Morgan fingerprint density at radius 3 is 3.00 bits per heavy atom. The summed E-state index contributed by atoms with van der Waals surface area (Å²) in [5.41, 5.74) is 1.45. The van der Waals surface area contributed by atoms with Crippen molar-refractivity contribution in [3.05, 3.63) is 36.3 Å². The number of nitrogens with zero attached hydrogens (tertiary/aromatic N) is 3. The van der Waals surface area contributed by atoms with Crippen molar-refractivity contribution >= 4 is 18.1 Å². The zero-order valence-electron chi connectivity index (χ0n) is 6.14. The van der Waals surface area contributed by atoms with E-state index in [4.69, 9.17) is 5.26 Å². The van der Waals surface area contributed by atoms with Gasteiger partial charge in [-0.1, -0.05) is 0 Å². The predicted molar refractivity (Wildman–Crippen MR) is 47.2 cm³/mol. The van der Waals surface area contributed by atoms with Crippen molar-refractivity contribution in [1.82, 2.24) is 9.38 Å². The van der Waals surface area contributed by atoms with Crippen LogP contribution in [0, 0.1) is 11.3 Å². The van der Waals surface area contributed by atoms with Crippen LogP contribution in [0.25, 0.3) is 5.65 Å². The van der Waals surface area contributed by atoms with Gasteiger partial charge < -0.3 is 4.40 Å². The molecule has 0 N–H and O–H groups in total. The van der Waals surface area contributed by atoms with Gasteiger partial charge in [-0.25, -0.2) is 4.98 Å². The molecule has 2 heterocycles. The zero-order valence-corrected chi connectivity index (χ0v) is 6.95. The summed E-state index contributed by atoms with van der Waals surface area (Å²) < 4.78 is 1.86. The van der Waals surface area contributed by atoms with Gasteiger partial charge >= 0.3 is 0 Å². The first kappa shape index (κ1) is 8.57. The average Bonchev–Trinajstić information content (AvgIpc) is 2.50. The third kappa shape index (κ3) is 1.25. The second-order valence-electron chi connectivity index (χ2n) is 2.22. The first-order valence-corrected chi connectivity index (χ1v) is 3.23. The third-order valence-electron chi connectivity index (χ3n) is 1.53. The summed E-state index contributed by atoms with van der Waals surface area (Å²) in [6.45, 7) is 0. The fraction of sp³-hybridized carbons (Fsp3) is 0. The molecule has 60 valence electrons. The van der Waals surface area contributed by atoms with Crippen molar-refractivity contribution in [3.8, 4) is 6.07 Å². The molecule has 0 radical (unpaired) electrons. The van der Waals surface area contributed by atoms with Crippen LogP contribution in [0.2, 0.25) is 0 Å². The molecule has 3 nitrogen and oxygen atoms in total. The van der Waals surface area contributed by atoms with Gasteiger partial charge in [-0.2, -0.15) is 5.26 Å². The number of rotatable bonds is 0. The van der Waals surface area contributed by atoms with E-state index in [-0.39, 0.29) is 12.4 Å². The Labute approximate surface area is 75.7 Å². The molecule has 0 bridgehead atoms. The van der Waals surface area contributed by atoms with Crippen LogP contribution in [0.3, 0.4) is 0 Å². The fourth-order valence-electron chi connectivity index (χ4n) is 0.980. The second-order valence-corrected chi connectivity index (χ2v) is 2.22. The van der Waals surface area contributed by atoms with E-state index in [1.807, 2.05) is 16.8 Å². The minimum absolute atomic E-state index is 0. The van der Waals surface area contributed by atoms with Crippen LogP contribution in [0.15, 0.2) is 30.7 Å². The van der Waals surface area contributed by atoms with Crippen molar-refractivity contribution < 1.29 is 0 Å². The fourth-order valence-corrected chi connectivity index (χ4v) is 0.980. The van der Waals surface area contributed by atoms with Gasteiger partial charge in [0.1, 0.15) is 5.65 Å². The summed E-state index contributed by atoms with van der Waals surface area (Å²) in [5.74, 6) is 0. The summed E-state index contributed by atoms with van der Waals surface area (Å²) >= 11 is 0. The molecule has 2 rings (SSSR count). The third-order valence-corrected chi connectivity index (χ3v) is 1.53. The Balaban J connectivity index is 0.000000720. The van der Waals surface area contributed by atoms with Crippen molar-refractivity contribution in [2.24, 2.45) is 0 Å². The summed E-state index contributed by atoms with van der Waals surface area (Å²) in [7, 11) is 0. The molecule has 0 unspecified atom stereocenters. The monoisotopic (exact) mass is 179 g/mol. The average molecular weight is 180 g/mol. The number of pyridine rings is 1. The smallest absolute Gasteiger partial charge is 0.137 e. The van der Waals surface area contributed by atoms with E-state index in [1.54, 1.807) is 18.3 Å². The molecule has 0 atom stereocenters. The van der Waals surface area contributed by atoms with Crippen LogP contribution in [-0.2, 0) is 0 Å². The lowest BCUT2D eigenvalue weighted by Gasteiger charge is -1.90. The highest BCUT2D eigenvalue weighted by molar-refractivity contribution is 5.85. The minimum atomic E-state index is 0. The van der Waals surface area contributed by atoms with E-state index in [0.717, 1.165) is 5.65 Å². The molecular weight excluding hydrogens is 174 g/mol. The van der Waals surface area contributed by atoms with Crippen LogP contribution < -0.4 is 0 Å². The number of hydrogen-bond acceptors (Lipinski definition) is 2. The molecular formula is C8H6ClN3. The van der Waals surface area contributed by atoms with Crippen molar-refractivity contribution in [2.45, 2.75) is 0 Å². The number of aromatic nitrogens is 2. The Morgan fingerprint density at radius 2 is 2.25 bits per heavy atom. The highest BCUT2D eigenvalue weighted by atomic mass is 35.5. The van der Waals surface area contributed by atoms with Gasteiger partial charge in [-0.3, -0.25) is 0 Å². The molecule has 0 aliphatic rings. The maximum absolute atomic E-state index is 8.55. The highest BCUT2D eigenvalue weighted by Crippen LogP contribution is 2.03. The summed E-state index contributed by atoms with van der Waals surface area (Å²) in [6, 6.07) is 5.56. The molecule has 0 aliphatic heterocycles. The lowest BCUT2D eigenvalue weighted by atomic mass is 10.3. The lowest BCUT2D eigenvalue weighted by molar-refractivity contribution is 1.18. The molecule has 12 heavy (non-hydrogen) atoms. The number of fused-ring (bicyclic) bond motifs is 1. The molecule has 2 aromatic heterocycles. The topological polar surface area (TPSA) is 41.1 Å². The number of imidazole rings is 1. The van der Waals surface area contributed by atoms with Gasteiger partial charge in [-0.15, -0.1) is 12.4 Å². The van der Waals surface area contributed by atoms with Gasteiger partial charge in [0.25, 0.3) is 0 Å². The standard InChI is InChI=1S/C8H5N3.ClH/c9-6-7-1-3-11-4-2-10-8(11)5-7;/h1-5H;1H. The van der Waals surface area contributed by atoms with Gasteiger partial charge in [0.05, 0.1) is 11.6 Å². The second kappa shape index (κ2) is 3.24. The number of nitriles is 1.